The van der Waals surface area contributed by atoms with Crippen LogP contribution in [0.2, 0.25) is 5.02 Å². The minimum atomic E-state index is -4.65. The van der Waals surface area contributed by atoms with Gasteiger partial charge in [0.25, 0.3) is 0 Å². The number of halogens is 4. The van der Waals surface area contributed by atoms with E-state index in [0.717, 1.165) is 43.6 Å². The molecule has 1 saturated heterocycles. The number of likely N-dealkylation sites (tertiary alicyclic amines) is 1. The van der Waals surface area contributed by atoms with Crippen molar-refractivity contribution in [2.45, 2.75) is 38.4 Å². The van der Waals surface area contributed by atoms with Gasteiger partial charge in [-0.05, 0) is 74.7 Å². The Balaban J connectivity index is 1.45. The highest BCUT2D eigenvalue weighted by Gasteiger charge is 2.34. The zero-order valence-corrected chi connectivity index (χ0v) is 22.6. The lowest BCUT2D eigenvalue weighted by Gasteiger charge is -2.29. The van der Waals surface area contributed by atoms with Crippen molar-refractivity contribution in [2.24, 2.45) is 0 Å². The summed E-state index contributed by atoms with van der Waals surface area (Å²) in [6, 6.07) is 8.65. The van der Waals surface area contributed by atoms with Gasteiger partial charge in [0.1, 0.15) is 17.8 Å². The number of carbonyl (C=O) groups is 1. The third-order valence-electron chi connectivity index (χ3n) is 7.04. The Hall–Kier alpha value is -3.94. The molecule has 2 aromatic carbocycles. The number of rotatable bonds is 4. The summed E-state index contributed by atoms with van der Waals surface area (Å²) in [6.07, 6.45) is -1.32. The van der Waals surface area contributed by atoms with Crippen LogP contribution < -0.4 is 5.73 Å². The molecule has 11 heteroatoms. The second-order valence-electron chi connectivity index (χ2n) is 10.0. The van der Waals surface area contributed by atoms with Gasteiger partial charge in [0, 0.05) is 24.1 Å². The van der Waals surface area contributed by atoms with E-state index in [1.807, 2.05) is 17.7 Å². The van der Waals surface area contributed by atoms with Crippen molar-refractivity contribution in [1.82, 2.24) is 24.6 Å². The standard InChI is InChI=1S/C29H26ClF3N6O/c1-17-5-6-18(13-25(40)20-7-9-23(30)22(14-20)29(31,32)33)12-19(17)8-10-24-26-27(34)35-16-36-28(26)39(37-24)21-4-3-11-38(2)15-21/h5-7,9,12,14,16,21H,3-4,11,13,15H2,1-2H3,(H2,34,35,36). The molecule has 3 heterocycles. The molecule has 1 atom stereocenters. The van der Waals surface area contributed by atoms with Crippen LogP contribution >= 0.6 is 11.6 Å². The third kappa shape index (κ3) is 5.67. The Morgan fingerprint density at radius 2 is 1.98 bits per heavy atom. The van der Waals surface area contributed by atoms with Crippen LogP contribution in [0.1, 0.15) is 57.2 Å². The topological polar surface area (TPSA) is 89.9 Å². The molecule has 5 rings (SSSR count). The Labute approximate surface area is 234 Å². The number of alkyl halides is 3. The Kier molecular flexibility index (Phi) is 7.53. The largest absolute Gasteiger partial charge is 0.417 e. The van der Waals surface area contributed by atoms with E-state index in [2.05, 4.69) is 33.8 Å². The van der Waals surface area contributed by atoms with E-state index in [4.69, 9.17) is 22.4 Å². The molecule has 0 bridgehead atoms. The first-order valence-electron chi connectivity index (χ1n) is 12.7. The van der Waals surface area contributed by atoms with Crippen LogP contribution in [-0.4, -0.2) is 50.6 Å². The molecule has 0 aliphatic carbocycles. The highest BCUT2D eigenvalue weighted by Crippen LogP contribution is 2.35. The van der Waals surface area contributed by atoms with Gasteiger partial charge in [0.15, 0.2) is 11.4 Å². The number of likely N-dealkylation sites (N-methyl/N-ethyl adjacent to an activating group) is 1. The average molecular weight is 567 g/mol. The van der Waals surface area contributed by atoms with E-state index in [-0.39, 0.29) is 18.0 Å². The van der Waals surface area contributed by atoms with E-state index in [1.54, 1.807) is 12.1 Å². The van der Waals surface area contributed by atoms with Gasteiger partial charge in [0.2, 0.25) is 0 Å². The fourth-order valence-electron chi connectivity index (χ4n) is 4.92. The van der Waals surface area contributed by atoms with Crippen molar-refractivity contribution in [1.29, 1.82) is 0 Å². The number of ketones is 1. The van der Waals surface area contributed by atoms with E-state index in [9.17, 15) is 18.0 Å². The summed E-state index contributed by atoms with van der Waals surface area (Å²) < 4.78 is 41.6. The number of piperidine rings is 1. The van der Waals surface area contributed by atoms with Crippen molar-refractivity contribution in [3.63, 3.8) is 0 Å². The number of fused-ring (bicyclic) bond motifs is 1. The zero-order valence-electron chi connectivity index (χ0n) is 21.9. The molecule has 7 nitrogen and oxygen atoms in total. The molecular formula is C29H26ClF3N6O. The average Bonchev–Trinajstić information content (AvgIpc) is 3.28. The maximum Gasteiger partial charge on any atom is 0.417 e. The van der Waals surface area contributed by atoms with Crippen LogP contribution in [0.5, 0.6) is 0 Å². The van der Waals surface area contributed by atoms with Gasteiger partial charge < -0.3 is 10.6 Å². The number of aromatic nitrogens is 4. The summed E-state index contributed by atoms with van der Waals surface area (Å²) in [5.41, 5.74) is 8.35. The number of hydrogen-bond donors (Lipinski definition) is 1. The van der Waals surface area contributed by atoms with Crippen molar-refractivity contribution in [3.05, 3.63) is 81.3 Å². The summed E-state index contributed by atoms with van der Waals surface area (Å²) in [6.45, 7) is 3.75. The molecule has 0 spiro atoms. The lowest BCUT2D eigenvalue weighted by molar-refractivity contribution is -0.137. The third-order valence-corrected chi connectivity index (χ3v) is 7.37. The monoisotopic (exact) mass is 566 g/mol. The Morgan fingerprint density at radius 3 is 2.73 bits per heavy atom. The number of nitrogens with zero attached hydrogens (tertiary/aromatic N) is 5. The van der Waals surface area contributed by atoms with Gasteiger partial charge in [-0.2, -0.15) is 18.3 Å². The van der Waals surface area contributed by atoms with Gasteiger partial charge in [-0.25, -0.2) is 14.6 Å². The summed E-state index contributed by atoms with van der Waals surface area (Å²) in [4.78, 5) is 23.7. The van der Waals surface area contributed by atoms with Gasteiger partial charge >= 0.3 is 6.18 Å². The fourth-order valence-corrected chi connectivity index (χ4v) is 5.14. The quantitative estimate of drug-likeness (QED) is 0.260. The molecule has 1 aliphatic heterocycles. The van der Waals surface area contributed by atoms with Gasteiger partial charge in [0.05, 0.1) is 22.0 Å². The summed E-state index contributed by atoms with van der Waals surface area (Å²) in [5, 5.41) is 4.92. The minimum Gasteiger partial charge on any atom is -0.383 e. The SMILES string of the molecule is Cc1ccc(CC(=O)c2ccc(Cl)c(C(F)(F)F)c2)cc1C#Cc1nn(C2CCCN(C)C2)c2ncnc(N)c12. The Bertz CT molecular complexity index is 1670. The van der Waals surface area contributed by atoms with E-state index in [1.165, 1.54) is 12.4 Å². The fraction of sp³-hybridized carbons (Fsp3) is 0.310. The molecule has 0 radical (unpaired) electrons. The van der Waals surface area contributed by atoms with Crippen molar-refractivity contribution < 1.29 is 18.0 Å². The normalized spacial score (nSPS) is 16.1. The number of carbonyl (C=O) groups excluding carboxylic acids is 1. The van der Waals surface area contributed by atoms with Crippen LogP contribution in [0.15, 0.2) is 42.7 Å². The second kappa shape index (κ2) is 10.9. The smallest absolute Gasteiger partial charge is 0.383 e. The zero-order chi connectivity index (χ0) is 28.6. The lowest BCUT2D eigenvalue weighted by Crippen LogP contribution is -2.34. The molecule has 2 N–H and O–H groups in total. The number of hydrogen-bond acceptors (Lipinski definition) is 6. The number of nitrogens with two attached hydrogens (primary N) is 1. The van der Waals surface area contributed by atoms with Gasteiger partial charge in [-0.15, -0.1) is 0 Å². The highest BCUT2D eigenvalue weighted by molar-refractivity contribution is 6.31. The summed E-state index contributed by atoms with van der Waals surface area (Å²) in [7, 11) is 2.07. The first kappa shape index (κ1) is 27.6. The summed E-state index contributed by atoms with van der Waals surface area (Å²) in [5.74, 6) is 6.09. The summed E-state index contributed by atoms with van der Waals surface area (Å²) >= 11 is 5.70. The predicted octanol–water partition coefficient (Wildman–Crippen LogP) is 5.48. The van der Waals surface area contributed by atoms with Crippen LogP contribution in [0, 0.1) is 18.8 Å². The van der Waals surface area contributed by atoms with Crippen LogP contribution in [0.3, 0.4) is 0 Å². The molecule has 1 unspecified atom stereocenters. The van der Waals surface area contributed by atoms with Gasteiger partial charge in [-0.1, -0.05) is 29.7 Å². The van der Waals surface area contributed by atoms with Crippen LogP contribution in [-0.2, 0) is 12.6 Å². The number of nitrogen functional groups attached to an aromatic ring is 1. The molecule has 206 valence electrons. The molecule has 1 aliphatic rings. The number of aryl methyl sites for hydroxylation is 1. The highest BCUT2D eigenvalue weighted by atomic mass is 35.5. The maximum atomic E-state index is 13.3. The van der Waals surface area contributed by atoms with E-state index < -0.39 is 22.5 Å². The van der Waals surface area contributed by atoms with Crippen molar-refractivity contribution >= 4 is 34.2 Å². The molecule has 0 amide bonds. The van der Waals surface area contributed by atoms with Crippen molar-refractivity contribution in [3.8, 4) is 11.8 Å². The first-order chi connectivity index (χ1) is 19.0. The molecule has 0 saturated carbocycles. The van der Waals surface area contributed by atoms with Crippen LogP contribution in [0.4, 0.5) is 19.0 Å². The van der Waals surface area contributed by atoms with Gasteiger partial charge in [-0.3, -0.25) is 4.79 Å². The lowest BCUT2D eigenvalue weighted by atomic mass is 9.98. The number of Topliss-reactive ketones (excluding diaryl/α,β-unsaturated/α-hetero) is 1. The molecule has 1 fully saturated rings. The number of benzene rings is 2. The molecular weight excluding hydrogens is 541 g/mol. The van der Waals surface area contributed by atoms with E-state index >= 15 is 0 Å². The molecule has 40 heavy (non-hydrogen) atoms. The van der Waals surface area contributed by atoms with Crippen molar-refractivity contribution in [2.75, 3.05) is 25.9 Å². The Morgan fingerprint density at radius 1 is 1.18 bits per heavy atom. The number of anilines is 1. The second-order valence-corrected chi connectivity index (χ2v) is 10.4. The minimum absolute atomic E-state index is 0.0641. The predicted molar refractivity (Wildman–Crippen MR) is 147 cm³/mol. The molecule has 2 aromatic heterocycles. The van der Waals surface area contributed by atoms with E-state index in [0.29, 0.717) is 33.7 Å². The first-order valence-corrected chi connectivity index (χ1v) is 13.1. The maximum absolute atomic E-state index is 13.3. The van der Waals surface area contributed by atoms with Crippen LogP contribution in [0.25, 0.3) is 11.0 Å². The molecule has 4 aromatic rings.